The van der Waals surface area contributed by atoms with E-state index in [2.05, 4.69) is 0 Å². The van der Waals surface area contributed by atoms with Gasteiger partial charge in [0.1, 0.15) is 16.8 Å². The van der Waals surface area contributed by atoms with Crippen molar-refractivity contribution in [3.05, 3.63) is 77.4 Å². The van der Waals surface area contributed by atoms with E-state index < -0.39 is 17.0 Å². The van der Waals surface area contributed by atoms with Gasteiger partial charge >= 0.3 is 11.9 Å². The van der Waals surface area contributed by atoms with Crippen molar-refractivity contribution in [2.24, 2.45) is 0 Å². The molecular formula is C24H26O4. The average molecular weight is 378 g/mol. The molecule has 1 heterocycles. The molecule has 0 unspecified atom stereocenters. The van der Waals surface area contributed by atoms with Crippen molar-refractivity contribution in [3.63, 3.8) is 0 Å². The van der Waals surface area contributed by atoms with Crippen LogP contribution < -0.4 is 4.74 Å². The Morgan fingerprint density at radius 3 is 2.39 bits per heavy atom. The lowest BCUT2D eigenvalue weighted by atomic mass is 9.72. The Balaban J connectivity index is 1.96. The second-order valence-corrected chi connectivity index (χ2v) is 8.33. The highest BCUT2D eigenvalue weighted by Gasteiger charge is 2.49. The predicted octanol–water partition coefficient (Wildman–Crippen LogP) is 4.76. The molecule has 0 aliphatic carbocycles. The molecule has 1 atom stereocenters. The van der Waals surface area contributed by atoms with Crippen LogP contribution in [0, 0.1) is 0 Å². The standard InChI is InChI=1S/C24H26O4/c1-17(14-21(25)28-23(2,3)4)15-24(16-18-10-6-5-7-11-18)19-12-8-9-13-20(19)27-22(24)26/h5-14H,15-16H2,1-4H3/b17-14+/t24-/m0/s1. The fourth-order valence-electron chi connectivity index (χ4n) is 3.66. The molecule has 0 bridgehead atoms. The number of para-hydroxylation sites is 1. The van der Waals surface area contributed by atoms with Gasteiger partial charge < -0.3 is 9.47 Å². The molecule has 0 aromatic heterocycles. The first-order chi connectivity index (χ1) is 13.2. The molecule has 1 aliphatic rings. The first-order valence-electron chi connectivity index (χ1n) is 9.45. The Hall–Kier alpha value is -2.88. The molecule has 0 radical (unpaired) electrons. The highest BCUT2D eigenvalue weighted by Crippen LogP contribution is 2.45. The van der Waals surface area contributed by atoms with Gasteiger partial charge in [-0.2, -0.15) is 0 Å². The minimum Gasteiger partial charge on any atom is -0.457 e. The summed E-state index contributed by atoms with van der Waals surface area (Å²) in [4.78, 5) is 25.3. The molecule has 0 spiro atoms. The van der Waals surface area contributed by atoms with Crippen LogP contribution in [0.15, 0.2) is 66.2 Å². The van der Waals surface area contributed by atoms with E-state index in [9.17, 15) is 9.59 Å². The highest BCUT2D eigenvalue weighted by molar-refractivity contribution is 5.92. The number of hydrogen-bond donors (Lipinski definition) is 0. The van der Waals surface area contributed by atoms with Gasteiger partial charge in [-0.3, -0.25) is 4.79 Å². The van der Waals surface area contributed by atoms with Crippen LogP contribution in [-0.4, -0.2) is 17.5 Å². The zero-order chi connectivity index (χ0) is 20.4. The molecule has 1 aliphatic heterocycles. The molecule has 4 heteroatoms. The Kier molecular flexibility index (Phi) is 5.41. The minimum atomic E-state index is -0.861. The van der Waals surface area contributed by atoms with Crippen LogP contribution in [0.3, 0.4) is 0 Å². The zero-order valence-electron chi connectivity index (χ0n) is 16.8. The van der Waals surface area contributed by atoms with E-state index in [0.717, 1.165) is 16.7 Å². The van der Waals surface area contributed by atoms with Gasteiger partial charge in [0.2, 0.25) is 0 Å². The van der Waals surface area contributed by atoms with Gasteiger partial charge in [0.05, 0.1) is 0 Å². The van der Waals surface area contributed by atoms with Gasteiger partial charge in [-0.05, 0) is 52.2 Å². The molecule has 0 amide bonds. The first kappa shape index (κ1) is 19.9. The lowest BCUT2D eigenvalue weighted by molar-refractivity contribution is -0.148. The van der Waals surface area contributed by atoms with Crippen molar-refractivity contribution in [3.8, 4) is 5.75 Å². The average Bonchev–Trinajstić information content (AvgIpc) is 2.86. The summed E-state index contributed by atoms with van der Waals surface area (Å²) < 4.78 is 11.0. The maximum absolute atomic E-state index is 13.0. The molecule has 4 nitrogen and oxygen atoms in total. The number of benzene rings is 2. The highest BCUT2D eigenvalue weighted by atomic mass is 16.6. The summed E-state index contributed by atoms with van der Waals surface area (Å²) in [6.45, 7) is 7.34. The minimum absolute atomic E-state index is 0.283. The largest absolute Gasteiger partial charge is 0.457 e. The maximum Gasteiger partial charge on any atom is 0.331 e. The number of esters is 2. The van der Waals surface area contributed by atoms with E-state index in [1.165, 1.54) is 6.08 Å². The van der Waals surface area contributed by atoms with Gasteiger partial charge in [0.15, 0.2) is 0 Å². The van der Waals surface area contributed by atoms with Gasteiger partial charge in [-0.1, -0.05) is 54.1 Å². The van der Waals surface area contributed by atoms with Gasteiger partial charge in [0, 0.05) is 11.6 Å². The number of ether oxygens (including phenoxy) is 2. The number of hydrogen-bond acceptors (Lipinski definition) is 4. The first-order valence-corrected chi connectivity index (χ1v) is 9.45. The second-order valence-electron chi connectivity index (χ2n) is 8.33. The quantitative estimate of drug-likeness (QED) is 0.427. The third kappa shape index (κ3) is 4.33. The smallest absolute Gasteiger partial charge is 0.331 e. The van der Waals surface area contributed by atoms with Crippen LogP contribution in [0.25, 0.3) is 0 Å². The van der Waals surface area contributed by atoms with E-state index in [1.54, 1.807) is 0 Å². The molecule has 0 fully saturated rings. The third-order valence-electron chi connectivity index (χ3n) is 4.70. The molecule has 2 aromatic carbocycles. The van der Waals surface area contributed by atoms with Crippen LogP contribution >= 0.6 is 0 Å². The Bertz CT molecular complexity index is 906. The summed E-state index contributed by atoms with van der Waals surface area (Å²) in [6.07, 6.45) is 2.37. The lowest BCUT2D eigenvalue weighted by Crippen LogP contribution is -2.36. The van der Waals surface area contributed by atoms with Crippen LogP contribution in [0.4, 0.5) is 0 Å². The van der Waals surface area contributed by atoms with E-state index in [1.807, 2.05) is 82.3 Å². The van der Waals surface area contributed by atoms with Gasteiger partial charge in [0.25, 0.3) is 0 Å². The number of carbonyl (C=O) groups excluding carboxylic acids is 2. The summed E-state index contributed by atoms with van der Waals surface area (Å²) in [7, 11) is 0. The summed E-state index contributed by atoms with van der Waals surface area (Å²) in [5.74, 6) is -0.0949. The van der Waals surface area contributed by atoms with Gasteiger partial charge in [-0.15, -0.1) is 0 Å². The molecule has 3 rings (SSSR count). The van der Waals surface area contributed by atoms with Crippen LogP contribution in [0.5, 0.6) is 5.75 Å². The van der Waals surface area contributed by atoms with E-state index in [0.29, 0.717) is 18.6 Å². The summed E-state index contributed by atoms with van der Waals surface area (Å²) in [5.41, 5.74) is 1.26. The van der Waals surface area contributed by atoms with Crippen molar-refractivity contribution in [1.82, 2.24) is 0 Å². The third-order valence-corrected chi connectivity index (χ3v) is 4.70. The zero-order valence-corrected chi connectivity index (χ0v) is 16.8. The molecule has 28 heavy (non-hydrogen) atoms. The van der Waals surface area contributed by atoms with Crippen LogP contribution in [0.1, 0.15) is 45.2 Å². The van der Waals surface area contributed by atoms with Crippen molar-refractivity contribution >= 4 is 11.9 Å². The fraction of sp³-hybridized carbons (Fsp3) is 0.333. The topological polar surface area (TPSA) is 52.6 Å². The number of rotatable bonds is 5. The number of fused-ring (bicyclic) bond motifs is 1. The monoisotopic (exact) mass is 378 g/mol. The summed E-state index contributed by atoms with van der Waals surface area (Å²) in [5, 5.41) is 0. The SMILES string of the molecule is C/C(=C\C(=O)OC(C)(C)C)C[C@@]1(Cc2ccccc2)C(=O)Oc2ccccc21. The Morgan fingerprint density at radius 2 is 1.71 bits per heavy atom. The molecule has 0 saturated carbocycles. The van der Waals surface area contributed by atoms with E-state index >= 15 is 0 Å². The van der Waals surface area contributed by atoms with E-state index in [-0.39, 0.29) is 5.97 Å². The van der Waals surface area contributed by atoms with Crippen molar-refractivity contribution < 1.29 is 19.1 Å². The van der Waals surface area contributed by atoms with Crippen molar-refractivity contribution in [2.45, 2.75) is 51.6 Å². The summed E-state index contributed by atoms with van der Waals surface area (Å²) >= 11 is 0. The molecular weight excluding hydrogens is 352 g/mol. The van der Waals surface area contributed by atoms with Crippen LogP contribution in [0.2, 0.25) is 0 Å². The Labute approximate surface area is 166 Å². The van der Waals surface area contributed by atoms with Gasteiger partial charge in [-0.25, -0.2) is 4.79 Å². The molecule has 2 aromatic rings. The molecule has 0 N–H and O–H groups in total. The van der Waals surface area contributed by atoms with Crippen LogP contribution in [-0.2, 0) is 26.2 Å². The molecule has 146 valence electrons. The number of carbonyl (C=O) groups is 2. The van der Waals surface area contributed by atoms with E-state index in [4.69, 9.17) is 9.47 Å². The molecule has 0 saturated heterocycles. The Morgan fingerprint density at radius 1 is 1.07 bits per heavy atom. The number of allylic oxidation sites excluding steroid dienone is 1. The fourth-order valence-corrected chi connectivity index (χ4v) is 3.66. The van der Waals surface area contributed by atoms with Crippen molar-refractivity contribution in [1.29, 1.82) is 0 Å². The maximum atomic E-state index is 13.0. The predicted molar refractivity (Wildman–Crippen MR) is 108 cm³/mol. The summed E-state index contributed by atoms with van der Waals surface area (Å²) in [6, 6.07) is 17.4. The lowest BCUT2D eigenvalue weighted by Gasteiger charge is -2.27. The second kappa shape index (κ2) is 7.63. The normalized spacial score (nSPS) is 19.1. The van der Waals surface area contributed by atoms with Crippen molar-refractivity contribution in [2.75, 3.05) is 0 Å².